The minimum absolute atomic E-state index is 0.000856. The lowest BCUT2D eigenvalue weighted by molar-refractivity contribution is -0.384. The fourth-order valence-electron chi connectivity index (χ4n) is 2.17. The fourth-order valence-corrected chi connectivity index (χ4v) is 2.17. The van der Waals surface area contributed by atoms with Crippen LogP contribution in [0.2, 0.25) is 0 Å². The van der Waals surface area contributed by atoms with Crippen LogP contribution >= 0.6 is 0 Å². The monoisotopic (exact) mass is 356 g/mol. The molecule has 0 saturated carbocycles. The second-order valence-electron chi connectivity index (χ2n) is 5.42. The van der Waals surface area contributed by atoms with E-state index in [9.17, 15) is 14.9 Å². The van der Waals surface area contributed by atoms with Crippen LogP contribution in [0.25, 0.3) is 0 Å². The minimum Gasteiger partial charge on any atom is -0.497 e. The maximum Gasteiger partial charge on any atom is 0.269 e. The second kappa shape index (κ2) is 9.16. The fraction of sp³-hybridized carbons (Fsp3) is 0.222. The summed E-state index contributed by atoms with van der Waals surface area (Å²) in [6.07, 6.45) is 2.01. The molecule has 1 amide bonds. The van der Waals surface area contributed by atoms with E-state index in [1.54, 1.807) is 31.4 Å². The van der Waals surface area contributed by atoms with Gasteiger partial charge in [0.1, 0.15) is 11.8 Å². The highest BCUT2D eigenvalue weighted by Gasteiger charge is 2.15. The molecule has 0 radical (unpaired) electrons. The Kier molecular flexibility index (Phi) is 6.67. The van der Waals surface area contributed by atoms with Crippen LogP contribution in [0, 0.1) is 10.1 Å². The number of anilines is 1. The Morgan fingerprint density at radius 3 is 2.42 bits per heavy atom. The maximum atomic E-state index is 12.2. The van der Waals surface area contributed by atoms with Crippen molar-refractivity contribution in [2.45, 2.75) is 19.4 Å². The van der Waals surface area contributed by atoms with Crippen molar-refractivity contribution in [3.8, 4) is 5.75 Å². The Bertz CT molecular complexity index is 773. The van der Waals surface area contributed by atoms with Gasteiger partial charge in [0.2, 0.25) is 0 Å². The Morgan fingerprint density at radius 2 is 1.88 bits per heavy atom. The number of nitrogens with one attached hydrogen (secondary N) is 2. The van der Waals surface area contributed by atoms with Gasteiger partial charge < -0.3 is 10.1 Å². The molecule has 1 unspecified atom stereocenters. The number of benzene rings is 2. The lowest BCUT2D eigenvalue weighted by Gasteiger charge is -2.16. The zero-order valence-electron chi connectivity index (χ0n) is 14.5. The Balaban J connectivity index is 1.92. The highest BCUT2D eigenvalue weighted by Crippen LogP contribution is 2.16. The summed E-state index contributed by atoms with van der Waals surface area (Å²) in [5, 5.41) is 17.6. The summed E-state index contributed by atoms with van der Waals surface area (Å²) in [6, 6.07) is 12.7. The Morgan fingerprint density at radius 1 is 1.23 bits per heavy atom. The lowest BCUT2D eigenvalue weighted by atomic mass is 10.2. The van der Waals surface area contributed by atoms with E-state index >= 15 is 0 Å². The standard InChI is InChI=1S/C18H20N4O4/c1-3-17(20-14-6-10-16(26-2)11-7-14)18(23)21-19-12-13-4-8-15(9-5-13)22(24)25/h4-12,17,20H,3H2,1-2H3,(H,21,23)/b19-12-. The molecule has 26 heavy (non-hydrogen) atoms. The van der Waals surface area contributed by atoms with E-state index in [-0.39, 0.29) is 11.6 Å². The molecule has 0 saturated heterocycles. The molecule has 8 nitrogen and oxygen atoms in total. The van der Waals surface area contributed by atoms with Crippen molar-refractivity contribution in [1.29, 1.82) is 0 Å². The number of rotatable bonds is 8. The topological polar surface area (TPSA) is 106 Å². The van der Waals surface area contributed by atoms with Crippen LogP contribution in [0.4, 0.5) is 11.4 Å². The van der Waals surface area contributed by atoms with E-state index in [4.69, 9.17) is 4.74 Å². The van der Waals surface area contributed by atoms with Gasteiger partial charge in [0, 0.05) is 17.8 Å². The number of methoxy groups -OCH3 is 1. The van der Waals surface area contributed by atoms with Crippen molar-refractivity contribution >= 4 is 23.5 Å². The molecular formula is C18H20N4O4. The first-order valence-corrected chi connectivity index (χ1v) is 8.01. The van der Waals surface area contributed by atoms with Gasteiger partial charge in [-0.05, 0) is 48.4 Å². The van der Waals surface area contributed by atoms with Crippen LogP contribution in [-0.4, -0.2) is 30.2 Å². The first-order valence-electron chi connectivity index (χ1n) is 8.01. The van der Waals surface area contributed by atoms with Crippen molar-refractivity contribution in [1.82, 2.24) is 5.43 Å². The summed E-state index contributed by atoms with van der Waals surface area (Å²) >= 11 is 0. The van der Waals surface area contributed by atoms with Gasteiger partial charge in [-0.1, -0.05) is 6.92 Å². The van der Waals surface area contributed by atoms with Gasteiger partial charge in [0.15, 0.2) is 0 Å². The molecule has 2 aromatic carbocycles. The SMILES string of the molecule is CCC(Nc1ccc(OC)cc1)C(=O)N/N=C\c1ccc([N+](=O)[O-])cc1. The molecule has 1 atom stereocenters. The van der Waals surface area contributed by atoms with Crippen molar-refractivity contribution < 1.29 is 14.5 Å². The van der Waals surface area contributed by atoms with Crippen LogP contribution in [0.5, 0.6) is 5.75 Å². The van der Waals surface area contributed by atoms with Crippen LogP contribution in [0.3, 0.4) is 0 Å². The summed E-state index contributed by atoms with van der Waals surface area (Å²) in [5.74, 6) is 0.460. The first-order chi connectivity index (χ1) is 12.5. The molecule has 2 aromatic rings. The van der Waals surface area contributed by atoms with E-state index in [0.29, 0.717) is 12.0 Å². The molecule has 0 aliphatic rings. The summed E-state index contributed by atoms with van der Waals surface area (Å²) in [6.45, 7) is 1.89. The smallest absolute Gasteiger partial charge is 0.269 e. The average molecular weight is 356 g/mol. The highest BCUT2D eigenvalue weighted by molar-refractivity contribution is 5.86. The molecule has 0 aliphatic carbocycles. The number of carbonyl (C=O) groups excluding carboxylic acids is 1. The minimum atomic E-state index is -0.473. The number of hydrogen-bond donors (Lipinski definition) is 2. The van der Waals surface area contributed by atoms with Gasteiger partial charge in [-0.15, -0.1) is 0 Å². The van der Waals surface area contributed by atoms with E-state index in [2.05, 4.69) is 15.8 Å². The molecule has 0 heterocycles. The number of nitrogens with zero attached hydrogens (tertiary/aromatic N) is 2. The number of carbonyl (C=O) groups is 1. The molecular weight excluding hydrogens is 336 g/mol. The lowest BCUT2D eigenvalue weighted by Crippen LogP contribution is -2.36. The van der Waals surface area contributed by atoms with E-state index < -0.39 is 11.0 Å². The third kappa shape index (κ3) is 5.30. The Hall–Kier alpha value is -3.42. The normalized spacial score (nSPS) is 11.8. The van der Waals surface area contributed by atoms with Crippen LogP contribution in [-0.2, 0) is 4.79 Å². The van der Waals surface area contributed by atoms with Gasteiger partial charge >= 0.3 is 0 Å². The van der Waals surface area contributed by atoms with E-state index in [1.165, 1.54) is 18.3 Å². The molecule has 0 fully saturated rings. The number of non-ortho nitro benzene ring substituents is 1. The number of nitro groups is 1. The third-order valence-corrected chi connectivity index (χ3v) is 3.65. The van der Waals surface area contributed by atoms with Gasteiger partial charge in [0.05, 0.1) is 18.2 Å². The van der Waals surface area contributed by atoms with Crippen molar-refractivity contribution in [2.24, 2.45) is 5.10 Å². The molecule has 0 aliphatic heterocycles. The summed E-state index contributed by atoms with van der Waals surface area (Å²) < 4.78 is 5.10. The van der Waals surface area contributed by atoms with Crippen molar-refractivity contribution in [3.63, 3.8) is 0 Å². The summed E-state index contributed by atoms with van der Waals surface area (Å²) in [7, 11) is 1.59. The Labute approximate surface area is 151 Å². The summed E-state index contributed by atoms with van der Waals surface area (Å²) in [4.78, 5) is 22.4. The molecule has 8 heteroatoms. The summed E-state index contributed by atoms with van der Waals surface area (Å²) in [5.41, 5.74) is 3.92. The van der Waals surface area contributed by atoms with Crippen molar-refractivity contribution in [3.05, 3.63) is 64.2 Å². The molecule has 0 spiro atoms. The third-order valence-electron chi connectivity index (χ3n) is 3.65. The van der Waals surface area contributed by atoms with Gasteiger partial charge in [-0.3, -0.25) is 14.9 Å². The molecule has 2 N–H and O–H groups in total. The molecule has 2 rings (SSSR count). The first kappa shape index (κ1) is 18.9. The van der Waals surface area contributed by atoms with Gasteiger partial charge in [-0.25, -0.2) is 5.43 Å². The number of amides is 1. The molecule has 0 bridgehead atoms. The largest absolute Gasteiger partial charge is 0.497 e. The second-order valence-corrected chi connectivity index (χ2v) is 5.42. The zero-order valence-corrected chi connectivity index (χ0v) is 14.5. The average Bonchev–Trinajstić information content (AvgIpc) is 2.66. The molecule has 0 aromatic heterocycles. The van der Waals surface area contributed by atoms with Crippen LogP contribution < -0.4 is 15.5 Å². The number of hydrogen-bond acceptors (Lipinski definition) is 6. The predicted molar refractivity (Wildman–Crippen MR) is 99.5 cm³/mol. The van der Waals surface area contributed by atoms with Crippen LogP contribution in [0.15, 0.2) is 53.6 Å². The van der Waals surface area contributed by atoms with E-state index in [0.717, 1.165) is 11.4 Å². The maximum absolute atomic E-state index is 12.2. The van der Waals surface area contributed by atoms with E-state index in [1.807, 2.05) is 19.1 Å². The quantitative estimate of drug-likeness (QED) is 0.430. The number of ether oxygens (including phenoxy) is 1. The zero-order chi connectivity index (χ0) is 18.9. The number of nitro benzene ring substituents is 1. The van der Waals surface area contributed by atoms with Gasteiger partial charge in [0.25, 0.3) is 11.6 Å². The number of hydrazone groups is 1. The predicted octanol–water partition coefficient (Wildman–Crippen LogP) is 2.94. The van der Waals surface area contributed by atoms with Crippen molar-refractivity contribution in [2.75, 3.05) is 12.4 Å². The molecule has 136 valence electrons. The van der Waals surface area contributed by atoms with Gasteiger partial charge in [-0.2, -0.15) is 5.10 Å². The van der Waals surface area contributed by atoms with Crippen LogP contribution in [0.1, 0.15) is 18.9 Å². The highest BCUT2D eigenvalue weighted by atomic mass is 16.6.